The summed E-state index contributed by atoms with van der Waals surface area (Å²) < 4.78 is 24.4. The number of anilines is 2. The number of thiocarbonyl (C=S) groups is 1. The van der Waals surface area contributed by atoms with Crippen LogP contribution >= 0.6 is 12.2 Å². The summed E-state index contributed by atoms with van der Waals surface area (Å²) in [6, 6.07) is 4.34. The van der Waals surface area contributed by atoms with Crippen LogP contribution in [-0.4, -0.2) is 57.0 Å². The minimum absolute atomic E-state index is 0.205. The third-order valence-electron chi connectivity index (χ3n) is 3.61. The van der Waals surface area contributed by atoms with Crippen LogP contribution in [0.2, 0.25) is 0 Å². The average Bonchev–Trinajstić information content (AvgIpc) is 2.98. The first-order valence-electron chi connectivity index (χ1n) is 7.57. The molecule has 8 nitrogen and oxygen atoms in total. The van der Waals surface area contributed by atoms with E-state index in [1.54, 1.807) is 6.07 Å². The largest absolute Gasteiger partial charge is 0.474 e. The fraction of sp³-hybridized carbons (Fsp3) is 0.400. The number of halogens is 1. The maximum Gasteiger partial charge on any atom is 0.414 e. The van der Waals surface area contributed by atoms with Crippen LogP contribution in [0.5, 0.6) is 0 Å². The summed E-state index contributed by atoms with van der Waals surface area (Å²) in [5.41, 5.74) is 6.05. The molecule has 0 spiro atoms. The number of nitrogens with two attached hydrogens (primary N) is 1. The van der Waals surface area contributed by atoms with E-state index in [1.807, 2.05) is 0 Å². The van der Waals surface area contributed by atoms with Gasteiger partial charge < -0.3 is 25.4 Å². The predicted octanol–water partition coefficient (Wildman–Crippen LogP) is 1.04. The van der Waals surface area contributed by atoms with E-state index >= 15 is 0 Å². The molecule has 4 N–H and O–H groups in total. The van der Waals surface area contributed by atoms with Gasteiger partial charge in [0.05, 0.1) is 37.9 Å². The molecule has 1 atom stereocenters. The number of cyclic esters (lactones) is 1. The van der Waals surface area contributed by atoms with Crippen molar-refractivity contribution in [3.8, 4) is 0 Å². The van der Waals surface area contributed by atoms with Crippen LogP contribution in [0, 0.1) is 11.2 Å². The summed E-state index contributed by atoms with van der Waals surface area (Å²) >= 11 is 4.86. The van der Waals surface area contributed by atoms with Crippen molar-refractivity contribution in [2.24, 2.45) is 5.73 Å². The number of hydrogen-bond donors (Lipinski definition) is 3. The Hall–Kier alpha value is -2.46. The molecule has 0 aliphatic carbocycles. The lowest BCUT2D eigenvalue weighted by Crippen LogP contribution is -2.34. The second kappa shape index (κ2) is 8.58. The van der Waals surface area contributed by atoms with Gasteiger partial charge in [0, 0.05) is 13.1 Å². The maximum atomic E-state index is 14.4. The predicted molar refractivity (Wildman–Crippen MR) is 96.8 cm³/mol. The first-order chi connectivity index (χ1) is 12.0. The lowest BCUT2D eigenvalue weighted by atomic mass is 10.2. The van der Waals surface area contributed by atoms with Gasteiger partial charge in [0.15, 0.2) is 0 Å². The van der Waals surface area contributed by atoms with Gasteiger partial charge in [-0.15, -0.1) is 0 Å². The highest BCUT2D eigenvalue weighted by Crippen LogP contribution is 2.27. The highest BCUT2D eigenvalue weighted by Gasteiger charge is 2.32. The molecule has 25 heavy (non-hydrogen) atoms. The van der Waals surface area contributed by atoms with E-state index in [0.717, 1.165) is 6.34 Å². The van der Waals surface area contributed by atoms with Crippen LogP contribution in [0.15, 0.2) is 18.2 Å². The second-order valence-electron chi connectivity index (χ2n) is 5.24. The van der Waals surface area contributed by atoms with Gasteiger partial charge in [-0.1, -0.05) is 0 Å². The molecular weight excluding hydrogens is 349 g/mol. The number of benzene rings is 1. The van der Waals surface area contributed by atoms with Crippen molar-refractivity contribution in [1.29, 1.82) is 5.41 Å². The standard InChI is InChI=1S/C15H20FN5O3S/c1-23-14(25)19-7-11-8-21(15(22)24-11)10-2-3-13(12(16)6-10)20(9-18)5-4-17/h2-3,6,9,11,18H,4-5,7-8,17H2,1H3,(H,19,25)/t11-/m0/s1. The zero-order valence-electron chi connectivity index (χ0n) is 13.7. The molecule has 0 saturated carbocycles. The molecule has 1 aromatic rings. The highest BCUT2D eigenvalue weighted by atomic mass is 32.1. The van der Waals surface area contributed by atoms with E-state index in [2.05, 4.69) is 5.32 Å². The van der Waals surface area contributed by atoms with E-state index in [9.17, 15) is 9.18 Å². The number of carbonyl (C=O) groups excluding carboxylic acids is 1. The number of nitrogens with zero attached hydrogens (tertiary/aromatic N) is 2. The number of nitrogens with one attached hydrogen (secondary N) is 2. The highest BCUT2D eigenvalue weighted by molar-refractivity contribution is 7.80. The van der Waals surface area contributed by atoms with Gasteiger partial charge in [0.25, 0.3) is 5.17 Å². The molecule has 1 fully saturated rings. The van der Waals surface area contributed by atoms with Crippen molar-refractivity contribution in [3.05, 3.63) is 24.0 Å². The summed E-state index contributed by atoms with van der Waals surface area (Å²) in [5.74, 6) is -0.551. The maximum absolute atomic E-state index is 14.4. The summed E-state index contributed by atoms with van der Waals surface area (Å²) in [6.45, 7) is 1.16. The van der Waals surface area contributed by atoms with Crippen LogP contribution in [0.25, 0.3) is 0 Å². The van der Waals surface area contributed by atoms with Crippen molar-refractivity contribution >= 4 is 41.2 Å². The van der Waals surface area contributed by atoms with Gasteiger partial charge in [-0.2, -0.15) is 0 Å². The van der Waals surface area contributed by atoms with E-state index in [4.69, 9.17) is 32.8 Å². The topological polar surface area (TPSA) is 104 Å². The van der Waals surface area contributed by atoms with Gasteiger partial charge in [0.2, 0.25) is 0 Å². The van der Waals surface area contributed by atoms with Crippen LogP contribution in [0.1, 0.15) is 0 Å². The SMILES string of the molecule is COC(=S)NC[C@H]1CN(c2ccc(N(C=N)CCN)c(F)c2)C(=O)O1. The van der Waals surface area contributed by atoms with Gasteiger partial charge in [-0.3, -0.25) is 10.3 Å². The Labute approximate surface area is 150 Å². The minimum Gasteiger partial charge on any atom is -0.474 e. The Morgan fingerprint density at radius 3 is 3.04 bits per heavy atom. The quantitative estimate of drug-likeness (QED) is 0.375. The van der Waals surface area contributed by atoms with E-state index in [-0.39, 0.29) is 24.0 Å². The zero-order chi connectivity index (χ0) is 18.4. The number of carbonyl (C=O) groups is 1. The number of amides is 1. The Morgan fingerprint density at radius 2 is 2.44 bits per heavy atom. The summed E-state index contributed by atoms with van der Waals surface area (Å²) in [6.07, 6.45) is 0.0157. The number of ether oxygens (including phenoxy) is 2. The lowest BCUT2D eigenvalue weighted by molar-refractivity contribution is 0.142. The molecule has 1 aliphatic heterocycles. The van der Waals surface area contributed by atoms with Gasteiger partial charge in [-0.25, -0.2) is 9.18 Å². The minimum atomic E-state index is -0.562. The number of rotatable bonds is 7. The molecule has 0 bridgehead atoms. The second-order valence-corrected chi connectivity index (χ2v) is 5.61. The Kier molecular flexibility index (Phi) is 6.48. The van der Waals surface area contributed by atoms with Crippen molar-refractivity contribution in [2.45, 2.75) is 6.10 Å². The molecule has 2 rings (SSSR count). The van der Waals surface area contributed by atoms with Crippen LogP contribution < -0.4 is 20.9 Å². The Balaban J connectivity index is 2.08. The normalized spacial score (nSPS) is 16.4. The van der Waals surface area contributed by atoms with Gasteiger partial charge in [-0.05, 0) is 30.4 Å². The molecule has 136 valence electrons. The van der Waals surface area contributed by atoms with Crippen LogP contribution in [0.4, 0.5) is 20.6 Å². The molecule has 0 radical (unpaired) electrons. The monoisotopic (exact) mass is 369 g/mol. The number of hydrogen-bond acceptors (Lipinski definition) is 6. The Morgan fingerprint density at radius 1 is 1.68 bits per heavy atom. The first-order valence-corrected chi connectivity index (χ1v) is 7.97. The summed E-state index contributed by atoms with van der Waals surface area (Å²) in [4.78, 5) is 14.7. The Bertz CT molecular complexity index is 660. The molecule has 1 heterocycles. The third-order valence-corrected chi connectivity index (χ3v) is 3.92. The van der Waals surface area contributed by atoms with E-state index in [1.165, 1.54) is 29.0 Å². The molecule has 1 aromatic carbocycles. The van der Waals surface area contributed by atoms with Gasteiger partial charge >= 0.3 is 6.09 Å². The molecule has 1 amide bonds. The van der Waals surface area contributed by atoms with Crippen molar-refractivity contribution in [1.82, 2.24) is 5.32 Å². The third kappa shape index (κ3) is 4.54. The smallest absolute Gasteiger partial charge is 0.414 e. The van der Waals surface area contributed by atoms with Crippen molar-refractivity contribution in [2.75, 3.05) is 43.1 Å². The van der Waals surface area contributed by atoms with Crippen LogP contribution in [0.3, 0.4) is 0 Å². The van der Waals surface area contributed by atoms with E-state index in [0.29, 0.717) is 18.8 Å². The first kappa shape index (κ1) is 18.9. The molecule has 1 aliphatic rings. The fourth-order valence-corrected chi connectivity index (χ4v) is 2.48. The molecule has 1 saturated heterocycles. The summed E-state index contributed by atoms with van der Waals surface area (Å²) in [7, 11) is 1.44. The average molecular weight is 369 g/mol. The van der Waals surface area contributed by atoms with Crippen molar-refractivity contribution in [3.63, 3.8) is 0 Å². The van der Waals surface area contributed by atoms with Crippen molar-refractivity contribution < 1.29 is 18.7 Å². The zero-order valence-corrected chi connectivity index (χ0v) is 14.5. The van der Waals surface area contributed by atoms with E-state index < -0.39 is 18.0 Å². The molecule has 10 heteroatoms. The van der Waals surface area contributed by atoms with Gasteiger partial charge in [0.1, 0.15) is 11.9 Å². The molecule has 0 aromatic heterocycles. The lowest BCUT2D eigenvalue weighted by Gasteiger charge is -2.20. The molecule has 0 unspecified atom stereocenters. The summed E-state index contributed by atoms with van der Waals surface area (Å²) in [5, 5.41) is 10.4. The molecular formula is C15H20FN5O3S. The van der Waals surface area contributed by atoms with Crippen LogP contribution in [-0.2, 0) is 9.47 Å². The number of methoxy groups -OCH3 is 1. The fourth-order valence-electron chi connectivity index (χ4n) is 2.40.